The van der Waals surface area contributed by atoms with Crippen LogP contribution >= 0.6 is 11.6 Å². The van der Waals surface area contributed by atoms with Crippen molar-refractivity contribution in [3.8, 4) is 0 Å². The molecule has 21 heavy (non-hydrogen) atoms. The number of hydrogen-bond donors (Lipinski definition) is 1. The molecule has 0 saturated heterocycles. The fourth-order valence-electron chi connectivity index (χ4n) is 2.38. The number of benzene rings is 2. The summed E-state index contributed by atoms with van der Waals surface area (Å²) in [6.07, 6.45) is 2.12. The largest absolute Gasteiger partial charge is 0.241 e. The molecule has 0 amide bonds. The molecule has 1 aliphatic rings. The Labute approximate surface area is 130 Å². The minimum atomic E-state index is -3.54. The molecule has 110 valence electrons. The fraction of sp³-hybridized carbons (Fsp3) is 0.250. The van der Waals surface area contributed by atoms with Crippen molar-refractivity contribution in [2.45, 2.75) is 23.8 Å². The molecule has 2 aromatic carbocycles. The van der Waals surface area contributed by atoms with Gasteiger partial charge in [0.1, 0.15) is 0 Å². The Bertz CT molecular complexity index is 710. The van der Waals surface area contributed by atoms with Gasteiger partial charge in [0.2, 0.25) is 10.0 Å². The van der Waals surface area contributed by atoms with Crippen LogP contribution in [0.15, 0.2) is 59.5 Å². The first-order valence-electron chi connectivity index (χ1n) is 6.89. The van der Waals surface area contributed by atoms with Gasteiger partial charge in [-0.15, -0.1) is 0 Å². The molecule has 0 spiro atoms. The molecule has 3 rings (SSSR count). The van der Waals surface area contributed by atoms with E-state index < -0.39 is 10.0 Å². The second-order valence-electron chi connectivity index (χ2n) is 5.30. The Morgan fingerprint density at radius 2 is 1.62 bits per heavy atom. The van der Waals surface area contributed by atoms with Gasteiger partial charge in [-0.05, 0) is 48.6 Å². The Morgan fingerprint density at radius 3 is 2.19 bits per heavy atom. The fourth-order valence-corrected chi connectivity index (χ4v) is 3.79. The number of halogens is 1. The smallest absolute Gasteiger partial charge is 0.207 e. The van der Waals surface area contributed by atoms with Gasteiger partial charge < -0.3 is 0 Å². The third-order valence-electron chi connectivity index (χ3n) is 3.66. The first kappa shape index (κ1) is 14.6. The van der Waals surface area contributed by atoms with Gasteiger partial charge in [0.05, 0.1) is 4.90 Å². The zero-order valence-electron chi connectivity index (χ0n) is 11.4. The second kappa shape index (κ2) is 5.79. The molecular formula is C16H16ClNO2S. The second-order valence-corrected chi connectivity index (χ2v) is 7.45. The Balaban J connectivity index is 1.87. The van der Waals surface area contributed by atoms with Gasteiger partial charge in [-0.1, -0.05) is 41.9 Å². The number of rotatable bonds is 5. The number of nitrogens with one attached hydrogen (secondary N) is 1. The summed E-state index contributed by atoms with van der Waals surface area (Å²) in [6.45, 7) is 0. The summed E-state index contributed by atoms with van der Waals surface area (Å²) in [5, 5.41) is 0.524. The molecule has 1 N–H and O–H groups in total. The maximum Gasteiger partial charge on any atom is 0.241 e. The van der Waals surface area contributed by atoms with E-state index in [1.165, 1.54) is 12.1 Å². The van der Waals surface area contributed by atoms with Crippen LogP contribution in [-0.4, -0.2) is 8.42 Å². The summed E-state index contributed by atoms with van der Waals surface area (Å²) in [6, 6.07) is 15.8. The molecule has 1 fully saturated rings. The standard InChI is InChI=1S/C16H16ClNO2S/c17-14-8-10-15(11-9-14)21(19,20)18-16(13-6-7-13)12-4-2-1-3-5-12/h1-5,8-11,13,16,18H,6-7H2. The maximum atomic E-state index is 12.5. The van der Waals surface area contributed by atoms with Crippen molar-refractivity contribution in [2.75, 3.05) is 0 Å². The molecule has 3 nitrogen and oxygen atoms in total. The molecule has 0 bridgehead atoms. The quantitative estimate of drug-likeness (QED) is 0.911. The Hall–Kier alpha value is -1.36. The first-order valence-corrected chi connectivity index (χ1v) is 8.75. The first-order chi connectivity index (χ1) is 10.1. The van der Waals surface area contributed by atoms with Crippen LogP contribution in [0.4, 0.5) is 0 Å². The molecular weight excluding hydrogens is 306 g/mol. The summed E-state index contributed by atoms with van der Waals surface area (Å²) >= 11 is 5.81. The van der Waals surface area contributed by atoms with Gasteiger partial charge in [-0.3, -0.25) is 0 Å². The molecule has 2 aromatic rings. The van der Waals surface area contributed by atoms with Crippen molar-refractivity contribution in [3.05, 3.63) is 65.2 Å². The van der Waals surface area contributed by atoms with Crippen LogP contribution in [0.2, 0.25) is 5.02 Å². The zero-order chi connectivity index (χ0) is 14.9. The molecule has 1 saturated carbocycles. The van der Waals surface area contributed by atoms with Crippen LogP contribution in [0.3, 0.4) is 0 Å². The lowest BCUT2D eigenvalue weighted by molar-refractivity contribution is 0.529. The van der Waals surface area contributed by atoms with Crippen LogP contribution < -0.4 is 4.72 Å². The van der Waals surface area contributed by atoms with Crippen LogP contribution in [0.5, 0.6) is 0 Å². The number of sulfonamides is 1. The Morgan fingerprint density at radius 1 is 1.00 bits per heavy atom. The van der Waals surface area contributed by atoms with Gasteiger partial charge in [0.15, 0.2) is 0 Å². The van der Waals surface area contributed by atoms with E-state index >= 15 is 0 Å². The molecule has 0 aromatic heterocycles. The molecule has 1 aliphatic carbocycles. The van der Waals surface area contributed by atoms with Gasteiger partial charge in [-0.2, -0.15) is 0 Å². The van der Waals surface area contributed by atoms with Crippen LogP contribution in [0.25, 0.3) is 0 Å². The van der Waals surface area contributed by atoms with Crippen molar-refractivity contribution >= 4 is 21.6 Å². The highest BCUT2D eigenvalue weighted by Crippen LogP contribution is 2.41. The van der Waals surface area contributed by atoms with E-state index in [1.807, 2.05) is 30.3 Å². The summed E-state index contributed by atoms with van der Waals surface area (Å²) in [5.74, 6) is 0.384. The summed E-state index contributed by atoms with van der Waals surface area (Å²) in [5.41, 5.74) is 1.01. The van der Waals surface area contributed by atoms with Gasteiger partial charge in [0.25, 0.3) is 0 Å². The topological polar surface area (TPSA) is 46.2 Å². The predicted octanol–water partition coefficient (Wildman–Crippen LogP) is 3.77. The van der Waals surface area contributed by atoms with Crippen LogP contribution in [0, 0.1) is 5.92 Å². The highest BCUT2D eigenvalue weighted by Gasteiger charge is 2.35. The molecule has 0 heterocycles. The predicted molar refractivity (Wildman–Crippen MR) is 83.7 cm³/mol. The van der Waals surface area contributed by atoms with Gasteiger partial charge in [0, 0.05) is 11.1 Å². The van der Waals surface area contributed by atoms with E-state index in [9.17, 15) is 8.42 Å². The number of hydrogen-bond acceptors (Lipinski definition) is 2. The van der Waals surface area contributed by atoms with E-state index in [0.29, 0.717) is 10.9 Å². The van der Waals surface area contributed by atoms with Crippen molar-refractivity contribution in [1.29, 1.82) is 0 Å². The average Bonchev–Trinajstić information content (AvgIpc) is 3.31. The Kier molecular flexibility index (Phi) is 4.02. The summed E-state index contributed by atoms with van der Waals surface area (Å²) in [4.78, 5) is 0.244. The van der Waals surface area contributed by atoms with Gasteiger partial charge in [-0.25, -0.2) is 13.1 Å². The molecule has 0 aliphatic heterocycles. The molecule has 5 heteroatoms. The summed E-state index contributed by atoms with van der Waals surface area (Å²) in [7, 11) is -3.54. The minimum absolute atomic E-state index is 0.160. The normalized spacial score (nSPS) is 16.6. The lowest BCUT2D eigenvalue weighted by Gasteiger charge is -2.19. The van der Waals surface area contributed by atoms with E-state index in [-0.39, 0.29) is 10.9 Å². The van der Waals surface area contributed by atoms with Crippen LogP contribution in [0.1, 0.15) is 24.4 Å². The molecule has 1 unspecified atom stereocenters. The van der Waals surface area contributed by atoms with E-state index in [4.69, 9.17) is 11.6 Å². The molecule has 0 radical (unpaired) electrons. The molecule has 1 atom stereocenters. The summed E-state index contributed by atoms with van der Waals surface area (Å²) < 4.78 is 27.8. The highest BCUT2D eigenvalue weighted by molar-refractivity contribution is 7.89. The average molecular weight is 322 g/mol. The third kappa shape index (κ3) is 3.46. The van der Waals surface area contributed by atoms with Crippen molar-refractivity contribution in [2.24, 2.45) is 5.92 Å². The van der Waals surface area contributed by atoms with Crippen molar-refractivity contribution in [3.63, 3.8) is 0 Å². The minimum Gasteiger partial charge on any atom is -0.207 e. The van der Waals surface area contributed by atoms with E-state index in [2.05, 4.69) is 4.72 Å². The lowest BCUT2D eigenvalue weighted by Crippen LogP contribution is -2.30. The highest BCUT2D eigenvalue weighted by atomic mass is 35.5. The monoisotopic (exact) mass is 321 g/mol. The third-order valence-corrected chi connectivity index (χ3v) is 5.37. The van der Waals surface area contributed by atoms with E-state index in [1.54, 1.807) is 12.1 Å². The van der Waals surface area contributed by atoms with E-state index in [0.717, 1.165) is 18.4 Å². The lowest BCUT2D eigenvalue weighted by atomic mass is 10.0. The van der Waals surface area contributed by atoms with Gasteiger partial charge >= 0.3 is 0 Å². The zero-order valence-corrected chi connectivity index (χ0v) is 12.9. The maximum absolute atomic E-state index is 12.5. The SMILES string of the molecule is O=S(=O)(NC(c1ccccc1)C1CC1)c1ccc(Cl)cc1. The van der Waals surface area contributed by atoms with Crippen molar-refractivity contribution < 1.29 is 8.42 Å². The van der Waals surface area contributed by atoms with Crippen LogP contribution in [-0.2, 0) is 10.0 Å². The van der Waals surface area contributed by atoms with Crippen molar-refractivity contribution in [1.82, 2.24) is 4.72 Å².